The van der Waals surface area contributed by atoms with Gasteiger partial charge >= 0.3 is 12.1 Å². The molecule has 0 aromatic carbocycles. The van der Waals surface area contributed by atoms with Gasteiger partial charge in [0.1, 0.15) is 18.6 Å². The minimum atomic E-state index is -4.41. The number of halogens is 3. The van der Waals surface area contributed by atoms with Gasteiger partial charge in [0.05, 0.1) is 6.61 Å². The number of carbonyl (C=O) groups is 1. The minimum Gasteiger partial charge on any atom is -0.465 e. The predicted molar refractivity (Wildman–Crippen MR) is 57.6 cm³/mol. The second-order valence-electron chi connectivity index (χ2n) is 4.43. The topological polar surface area (TPSA) is 74.5 Å². The van der Waals surface area contributed by atoms with Crippen LogP contribution in [0.15, 0.2) is 4.52 Å². The quantitative estimate of drug-likeness (QED) is 0.744. The first-order valence-electron chi connectivity index (χ1n) is 6.02. The number of carbonyl (C=O) groups excluding carboxylic acids is 1. The number of hydrogen-bond donors (Lipinski definition) is 0. The van der Waals surface area contributed by atoms with Crippen LogP contribution in [0, 0.1) is 0 Å². The molecule has 2 rings (SSSR count). The van der Waals surface area contributed by atoms with E-state index < -0.39 is 30.8 Å². The van der Waals surface area contributed by atoms with Crippen LogP contribution in [0.25, 0.3) is 0 Å². The summed E-state index contributed by atoms with van der Waals surface area (Å²) in [5, 5.41) is 3.50. The van der Waals surface area contributed by atoms with Gasteiger partial charge in [0.2, 0.25) is 5.89 Å². The van der Waals surface area contributed by atoms with E-state index in [2.05, 4.69) is 14.9 Å². The number of esters is 1. The molecule has 0 amide bonds. The molecular weight excluding hydrogens is 281 g/mol. The molecule has 1 aliphatic carbocycles. The molecule has 6 nitrogen and oxygen atoms in total. The van der Waals surface area contributed by atoms with Gasteiger partial charge in [0, 0.05) is 0 Å². The molecule has 9 heteroatoms. The van der Waals surface area contributed by atoms with Gasteiger partial charge in [-0.2, -0.15) is 18.2 Å². The zero-order valence-corrected chi connectivity index (χ0v) is 10.7. The summed E-state index contributed by atoms with van der Waals surface area (Å²) in [5.41, 5.74) is -0.925. The van der Waals surface area contributed by atoms with Crippen LogP contribution in [0.5, 0.6) is 0 Å². The van der Waals surface area contributed by atoms with E-state index in [9.17, 15) is 18.0 Å². The van der Waals surface area contributed by atoms with Crippen LogP contribution in [0.4, 0.5) is 13.2 Å². The van der Waals surface area contributed by atoms with Crippen LogP contribution in [-0.2, 0) is 26.3 Å². The Hall–Kier alpha value is -1.64. The lowest BCUT2D eigenvalue weighted by Crippen LogP contribution is -2.23. The van der Waals surface area contributed by atoms with Crippen molar-refractivity contribution < 1.29 is 32.0 Å². The van der Waals surface area contributed by atoms with Crippen molar-refractivity contribution in [1.29, 1.82) is 0 Å². The predicted octanol–water partition coefficient (Wildman–Crippen LogP) is 1.74. The number of alkyl halides is 3. The first kappa shape index (κ1) is 14.8. The molecule has 0 spiro atoms. The van der Waals surface area contributed by atoms with Crippen molar-refractivity contribution in [3.05, 3.63) is 11.7 Å². The van der Waals surface area contributed by atoms with Crippen molar-refractivity contribution in [3.63, 3.8) is 0 Å². The Kier molecular flexibility index (Phi) is 3.98. The Morgan fingerprint density at radius 2 is 2.15 bits per heavy atom. The summed E-state index contributed by atoms with van der Waals surface area (Å²) in [6.45, 7) is 0.0935. The maximum Gasteiger partial charge on any atom is 0.411 e. The summed E-state index contributed by atoms with van der Waals surface area (Å²) in [7, 11) is 0. The van der Waals surface area contributed by atoms with Gasteiger partial charge in [-0.1, -0.05) is 5.16 Å². The molecule has 0 bridgehead atoms. The van der Waals surface area contributed by atoms with E-state index in [1.807, 2.05) is 0 Å². The highest BCUT2D eigenvalue weighted by molar-refractivity contribution is 5.85. The number of aromatic nitrogens is 2. The summed E-state index contributed by atoms with van der Waals surface area (Å²) in [5.74, 6) is -0.409. The van der Waals surface area contributed by atoms with E-state index in [0.29, 0.717) is 12.8 Å². The van der Waals surface area contributed by atoms with Gasteiger partial charge in [-0.15, -0.1) is 0 Å². The maximum absolute atomic E-state index is 11.9. The Balaban J connectivity index is 1.94. The second kappa shape index (κ2) is 5.39. The largest absolute Gasteiger partial charge is 0.465 e. The zero-order chi connectivity index (χ0) is 14.8. The summed E-state index contributed by atoms with van der Waals surface area (Å²) in [6.07, 6.45) is -3.36. The fourth-order valence-corrected chi connectivity index (χ4v) is 1.66. The third kappa shape index (κ3) is 3.27. The average molecular weight is 294 g/mol. The number of rotatable bonds is 6. The Labute approximate surface area is 112 Å². The molecule has 0 atom stereocenters. The highest BCUT2D eigenvalue weighted by atomic mass is 19.4. The Bertz CT molecular complexity index is 482. The molecule has 1 fully saturated rings. The first-order chi connectivity index (χ1) is 9.37. The molecule has 112 valence electrons. The molecule has 1 saturated carbocycles. The SMILES string of the molecule is CCOC(=O)C1(c2nc(COCC(F)(F)F)no2)CC1. The van der Waals surface area contributed by atoms with Crippen LogP contribution < -0.4 is 0 Å². The van der Waals surface area contributed by atoms with Crippen molar-refractivity contribution in [2.24, 2.45) is 0 Å². The molecule has 1 heterocycles. The number of hydrogen-bond acceptors (Lipinski definition) is 6. The summed E-state index contributed by atoms with van der Waals surface area (Å²) in [4.78, 5) is 15.6. The summed E-state index contributed by atoms with van der Waals surface area (Å²) < 4.78 is 50.0. The Morgan fingerprint density at radius 3 is 2.70 bits per heavy atom. The second-order valence-corrected chi connectivity index (χ2v) is 4.43. The van der Waals surface area contributed by atoms with Crippen LogP contribution in [0.2, 0.25) is 0 Å². The van der Waals surface area contributed by atoms with Crippen molar-refractivity contribution >= 4 is 5.97 Å². The van der Waals surface area contributed by atoms with E-state index in [4.69, 9.17) is 9.26 Å². The fourth-order valence-electron chi connectivity index (χ4n) is 1.66. The van der Waals surface area contributed by atoms with Crippen molar-refractivity contribution in [3.8, 4) is 0 Å². The normalized spacial score (nSPS) is 17.0. The molecule has 0 saturated heterocycles. The zero-order valence-electron chi connectivity index (χ0n) is 10.7. The van der Waals surface area contributed by atoms with Crippen molar-refractivity contribution in [1.82, 2.24) is 10.1 Å². The smallest absolute Gasteiger partial charge is 0.411 e. The van der Waals surface area contributed by atoms with E-state index >= 15 is 0 Å². The highest BCUT2D eigenvalue weighted by Crippen LogP contribution is 2.48. The standard InChI is InChI=1S/C11H13F3N2O4/c1-2-19-9(17)10(3-4-10)8-15-7(16-20-8)5-18-6-11(12,13)14/h2-6H2,1H3. The van der Waals surface area contributed by atoms with Crippen LogP contribution in [-0.4, -0.2) is 35.5 Å². The van der Waals surface area contributed by atoms with Crippen LogP contribution in [0.3, 0.4) is 0 Å². The summed E-state index contributed by atoms with van der Waals surface area (Å²) in [6, 6.07) is 0. The lowest BCUT2D eigenvalue weighted by molar-refractivity contribution is -0.177. The maximum atomic E-state index is 11.9. The van der Waals surface area contributed by atoms with Crippen LogP contribution >= 0.6 is 0 Å². The molecule has 1 aliphatic rings. The molecular formula is C11H13F3N2O4. The lowest BCUT2D eigenvalue weighted by atomic mass is 10.1. The number of nitrogens with zero attached hydrogens (tertiary/aromatic N) is 2. The highest BCUT2D eigenvalue weighted by Gasteiger charge is 2.57. The van der Waals surface area contributed by atoms with Crippen molar-refractivity contribution in [2.75, 3.05) is 13.2 Å². The van der Waals surface area contributed by atoms with Crippen molar-refractivity contribution in [2.45, 2.75) is 38.0 Å². The van der Waals surface area contributed by atoms with Gasteiger partial charge in [-0.25, -0.2) is 0 Å². The molecule has 0 aliphatic heterocycles. The van der Waals surface area contributed by atoms with Gasteiger partial charge < -0.3 is 14.0 Å². The summed E-state index contributed by atoms with van der Waals surface area (Å²) >= 11 is 0. The molecule has 0 N–H and O–H groups in total. The average Bonchev–Trinajstić information content (AvgIpc) is 3.03. The third-order valence-electron chi connectivity index (χ3n) is 2.79. The molecule has 1 aromatic heterocycles. The minimum absolute atomic E-state index is 0.0279. The van der Waals surface area contributed by atoms with Crippen LogP contribution in [0.1, 0.15) is 31.5 Å². The van der Waals surface area contributed by atoms with Gasteiger partial charge in [0.25, 0.3) is 0 Å². The van der Waals surface area contributed by atoms with Gasteiger partial charge in [-0.3, -0.25) is 4.79 Å². The van der Waals surface area contributed by atoms with E-state index in [0.717, 1.165) is 0 Å². The van der Waals surface area contributed by atoms with Gasteiger partial charge in [-0.05, 0) is 19.8 Å². The lowest BCUT2D eigenvalue weighted by Gasteiger charge is -2.08. The molecule has 0 radical (unpaired) electrons. The fraction of sp³-hybridized carbons (Fsp3) is 0.727. The first-order valence-corrected chi connectivity index (χ1v) is 6.02. The van der Waals surface area contributed by atoms with E-state index in [-0.39, 0.29) is 18.3 Å². The third-order valence-corrected chi connectivity index (χ3v) is 2.79. The van der Waals surface area contributed by atoms with Gasteiger partial charge in [0.15, 0.2) is 5.82 Å². The Morgan fingerprint density at radius 1 is 1.45 bits per heavy atom. The number of ether oxygens (including phenoxy) is 2. The monoisotopic (exact) mass is 294 g/mol. The van der Waals surface area contributed by atoms with E-state index in [1.54, 1.807) is 6.92 Å². The molecule has 20 heavy (non-hydrogen) atoms. The molecule has 1 aromatic rings. The molecule has 0 unspecified atom stereocenters. The van der Waals surface area contributed by atoms with E-state index in [1.165, 1.54) is 0 Å².